The number of sulfonamides is 1. The average molecular weight is 377 g/mol. The first kappa shape index (κ1) is 19.1. The first-order valence-corrected chi connectivity index (χ1v) is 10.8. The molecule has 0 spiro atoms. The molecule has 1 aromatic carbocycles. The summed E-state index contributed by atoms with van der Waals surface area (Å²) in [7, 11) is -3.53. The van der Waals surface area contributed by atoms with E-state index < -0.39 is 10.0 Å². The van der Waals surface area contributed by atoms with Gasteiger partial charge in [-0.05, 0) is 45.2 Å². The fourth-order valence-corrected chi connectivity index (χ4v) is 5.02. The lowest BCUT2D eigenvalue weighted by atomic mass is 10.1. The highest BCUT2D eigenvalue weighted by Crippen LogP contribution is 2.18. The second-order valence-electron chi connectivity index (χ2n) is 6.91. The minimum absolute atomic E-state index is 0.0473. The van der Waals surface area contributed by atoms with Gasteiger partial charge < -0.3 is 4.90 Å². The number of rotatable bonds is 7. The first-order chi connectivity index (χ1) is 12.5. The second-order valence-corrected chi connectivity index (χ2v) is 8.59. The molecule has 1 unspecified atom stereocenters. The van der Waals surface area contributed by atoms with Crippen molar-refractivity contribution < 1.29 is 8.42 Å². The van der Waals surface area contributed by atoms with Crippen LogP contribution in [-0.4, -0.2) is 48.8 Å². The molecule has 7 heteroatoms. The highest BCUT2D eigenvalue weighted by Gasteiger charge is 2.27. The summed E-state index contributed by atoms with van der Waals surface area (Å²) in [4.78, 5) is 2.65. The van der Waals surface area contributed by atoms with Crippen LogP contribution in [0.4, 0.5) is 0 Å². The number of nitrogens with zero attached hydrogens (tertiary/aromatic N) is 3. The Morgan fingerprint density at radius 3 is 2.73 bits per heavy atom. The average Bonchev–Trinajstić information content (AvgIpc) is 3.02. The number of hydrogen-bond acceptors (Lipinski definition) is 4. The quantitative estimate of drug-likeness (QED) is 0.804. The molecule has 0 bridgehead atoms. The third-order valence-electron chi connectivity index (χ3n) is 5.03. The predicted molar refractivity (Wildman–Crippen MR) is 103 cm³/mol. The normalized spacial score (nSPS) is 18.9. The van der Waals surface area contributed by atoms with E-state index in [2.05, 4.69) is 39.0 Å². The lowest BCUT2D eigenvalue weighted by Gasteiger charge is -2.33. The maximum Gasteiger partial charge on any atom is 0.244 e. The molecular weight excluding hydrogens is 348 g/mol. The minimum Gasteiger partial charge on any atom is -0.301 e. The van der Waals surface area contributed by atoms with E-state index in [1.807, 2.05) is 13.0 Å². The van der Waals surface area contributed by atoms with Crippen LogP contribution >= 0.6 is 0 Å². The van der Waals surface area contributed by atoms with Gasteiger partial charge in [-0.3, -0.25) is 4.68 Å². The van der Waals surface area contributed by atoms with Crippen LogP contribution in [0.15, 0.2) is 41.4 Å². The molecule has 1 aliphatic heterocycles. The van der Waals surface area contributed by atoms with Crippen molar-refractivity contribution >= 4 is 10.0 Å². The summed E-state index contributed by atoms with van der Waals surface area (Å²) >= 11 is 0. The lowest BCUT2D eigenvalue weighted by molar-refractivity contribution is 0.204. The Hall–Kier alpha value is -1.70. The third kappa shape index (κ3) is 4.52. The van der Waals surface area contributed by atoms with Gasteiger partial charge in [0.2, 0.25) is 10.0 Å². The molecule has 142 valence electrons. The van der Waals surface area contributed by atoms with E-state index in [0.717, 1.165) is 38.9 Å². The molecule has 6 nitrogen and oxygen atoms in total. The molecule has 0 radical (unpaired) electrons. The van der Waals surface area contributed by atoms with E-state index in [1.54, 1.807) is 11.6 Å². The topological polar surface area (TPSA) is 67.2 Å². The third-order valence-corrected chi connectivity index (χ3v) is 6.66. The van der Waals surface area contributed by atoms with E-state index in [9.17, 15) is 8.42 Å². The van der Waals surface area contributed by atoms with E-state index in [0.29, 0.717) is 17.1 Å². The van der Waals surface area contributed by atoms with Crippen molar-refractivity contribution in [2.75, 3.05) is 19.6 Å². The van der Waals surface area contributed by atoms with Crippen LogP contribution in [0.25, 0.3) is 0 Å². The molecule has 2 heterocycles. The van der Waals surface area contributed by atoms with Crippen molar-refractivity contribution in [2.24, 2.45) is 0 Å². The van der Waals surface area contributed by atoms with Crippen molar-refractivity contribution in [1.82, 2.24) is 19.4 Å². The van der Waals surface area contributed by atoms with Gasteiger partial charge in [0.15, 0.2) is 0 Å². The van der Waals surface area contributed by atoms with Crippen LogP contribution in [0.2, 0.25) is 0 Å². The van der Waals surface area contributed by atoms with E-state index in [4.69, 9.17) is 0 Å². The Balaban J connectivity index is 1.59. The smallest absolute Gasteiger partial charge is 0.244 e. The number of benzene rings is 1. The van der Waals surface area contributed by atoms with Crippen molar-refractivity contribution in [3.8, 4) is 0 Å². The van der Waals surface area contributed by atoms with Gasteiger partial charge in [-0.2, -0.15) is 5.10 Å². The number of piperidine rings is 1. The molecule has 26 heavy (non-hydrogen) atoms. The summed E-state index contributed by atoms with van der Waals surface area (Å²) in [5.74, 6) is 0. The monoisotopic (exact) mass is 376 g/mol. The van der Waals surface area contributed by atoms with Crippen LogP contribution in [0, 0.1) is 6.92 Å². The molecule has 1 aliphatic rings. The molecule has 0 saturated carbocycles. The standard InChI is InChI=1S/C19H28N4O2S/c1-3-23-16(2)19(14-20-23)26(24,25)21-18-10-7-12-22(15-18)13-11-17-8-5-4-6-9-17/h4-6,8-9,14,18,21H,3,7,10-13,15H2,1-2H3. The maximum atomic E-state index is 12.8. The molecule has 1 aromatic heterocycles. The Labute approximate surface area is 156 Å². The highest BCUT2D eigenvalue weighted by molar-refractivity contribution is 7.89. The minimum atomic E-state index is -3.53. The van der Waals surface area contributed by atoms with Gasteiger partial charge in [-0.1, -0.05) is 30.3 Å². The number of nitrogens with one attached hydrogen (secondary N) is 1. The molecular formula is C19H28N4O2S. The summed E-state index contributed by atoms with van der Waals surface area (Å²) in [5.41, 5.74) is 2.01. The summed E-state index contributed by atoms with van der Waals surface area (Å²) in [6, 6.07) is 10.4. The molecule has 1 fully saturated rings. The number of likely N-dealkylation sites (tertiary alicyclic amines) is 1. The number of aryl methyl sites for hydroxylation is 1. The maximum absolute atomic E-state index is 12.8. The second kappa shape index (κ2) is 8.33. The van der Waals surface area contributed by atoms with Crippen LogP contribution in [-0.2, 0) is 23.0 Å². The Morgan fingerprint density at radius 2 is 2.04 bits per heavy atom. The van der Waals surface area contributed by atoms with Crippen LogP contribution in [0.5, 0.6) is 0 Å². The molecule has 0 aliphatic carbocycles. The number of hydrogen-bond donors (Lipinski definition) is 1. The summed E-state index contributed by atoms with van der Waals surface area (Å²) < 4.78 is 30.1. The van der Waals surface area contributed by atoms with Crippen molar-refractivity contribution in [3.05, 3.63) is 47.8 Å². The largest absolute Gasteiger partial charge is 0.301 e. The molecule has 3 rings (SSSR count). The van der Waals surface area contributed by atoms with Gasteiger partial charge >= 0.3 is 0 Å². The number of aromatic nitrogens is 2. The van der Waals surface area contributed by atoms with Crippen molar-refractivity contribution in [2.45, 2.75) is 50.6 Å². The molecule has 1 atom stereocenters. The Kier molecular flexibility index (Phi) is 6.11. The van der Waals surface area contributed by atoms with E-state index in [-0.39, 0.29) is 6.04 Å². The molecule has 2 aromatic rings. The zero-order valence-electron chi connectivity index (χ0n) is 15.6. The predicted octanol–water partition coefficient (Wildman–Crippen LogP) is 2.20. The van der Waals surface area contributed by atoms with Gasteiger partial charge in [-0.25, -0.2) is 13.1 Å². The fourth-order valence-electron chi connectivity index (χ4n) is 3.58. The van der Waals surface area contributed by atoms with Gasteiger partial charge in [0.05, 0.1) is 11.9 Å². The summed E-state index contributed by atoms with van der Waals surface area (Å²) in [6.45, 7) is 7.16. The van der Waals surface area contributed by atoms with Crippen LogP contribution < -0.4 is 4.72 Å². The zero-order valence-corrected chi connectivity index (χ0v) is 16.4. The Morgan fingerprint density at radius 1 is 1.27 bits per heavy atom. The van der Waals surface area contributed by atoms with Crippen LogP contribution in [0.1, 0.15) is 31.0 Å². The summed E-state index contributed by atoms with van der Waals surface area (Å²) in [5, 5.41) is 4.16. The van der Waals surface area contributed by atoms with Crippen molar-refractivity contribution in [1.29, 1.82) is 0 Å². The van der Waals surface area contributed by atoms with Crippen LogP contribution in [0.3, 0.4) is 0 Å². The van der Waals surface area contributed by atoms with Gasteiger partial charge in [0.25, 0.3) is 0 Å². The summed E-state index contributed by atoms with van der Waals surface area (Å²) in [6.07, 6.45) is 4.33. The zero-order chi connectivity index (χ0) is 18.6. The van der Waals surface area contributed by atoms with E-state index in [1.165, 1.54) is 11.8 Å². The fraction of sp³-hybridized carbons (Fsp3) is 0.526. The van der Waals surface area contributed by atoms with Gasteiger partial charge in [-0.15, -0.1) is 0 Å². The first-order valence-electron chi connectivity index (χ1n) is 9.30. The van der Waals surface area contributed by atoms with Gasteiger partial charge in [0, 0.05) is 25.7 Å². The molecule has 1 N–H and O–H groups in total. The molecule has 1 saturated heterocycles. The SMILES string of the molecule is CCn1ncc(S(=O)(=O)NC2CCCN(CCc3ccccc3)C2)c1C. The lowest BCUT2D eigenvalue weighted by Crippen LogP contribution is -2.48. The van der Waals surface area contributed by atoms with Crippen molar-refractivity contribution in [3.63, 3.8) is 0 Å². The van der Waals surface area contributed by atoms with Gasteiger partial charge in [0.1, 0.15) is 4.90 Å². The van der Waals surface area contributed by atoms with E-state index >= 15 is 0 Å². The highest BCUT2D eigenvalue weighted by atomic mass is 32.2. The Bertz CT molecular complexity index is 817. The molecule has 0 amide bonds.